The summed E-state index contributed by atoms with van der Waals surface area (Å²) >= 11 is 0. The summed E-state index contributed by atoms with van der Waals surface area (Å²) < 4.78 is 12.6. The van der Waals surface area contributed by atoms with Gasteiger partial charge in [-0.25, -0.2) is 0 Å². The summed E-state index contributed by atoms with van der Waals surface area (Å²) in [4.78, 5) is 38.9. The molecule has 0 radical (unpaired) electrons. The third kappa shape index (κ3) is 4.60. The third-order valence-corrected chi connectivity index (χ3v) is 5.51. The maximum Gasteiger partial charge on any atom is 0.309 e. The predicted molar refractivity (Wildman–Crippen MR) is 107 cm³/mol. The number of rotatable bonds is 7. The van der Waals surface area contributed by atoms with Gasteiger partial charge >= 0.3 is 5.97 Å². The Morgan fingerprint density at radius 2 is 1.93 bits per heavy atom. The van der Waals surface area contributed by atoms with Gasteiger partial charge < -0.3 is 18.6 Å². The van der Waals surface area contributed by atoms with E-state index >= 15 is 0 Å². The topological polar surface area (TPSA) is 81.8 Å². The zero-order chi connectivity index (χ0) is 21.0. The minimum absolute atomic E-state index is 0.167. The lowest BCUT2D eigenvalue weighted by Crippen LogP contribution is -2.40. The summed E-state index contributed by atoms with van der Waals surface area (Å²) in [6, 6.07) is 5.17. The van der Waals surface area contributed by atoms with Crippen LogP contribution in [0.3, 0.4) is 0 Å². The standard InChI is InChI=1S/C22H28N2O5/c1-4-9-24-15(2)13-18(16(24)3)19(25)14-29-22(27)17-7-10-23(11-8-17)21(26)20-6-5-12-28-20/h5-6,12-13,17H,4,7-11,14H2,1-3H3. The molecule has 0 N–H and O–H groups in total. The Balaban J connectivity index is 1.50. The van der Waals surface area contributed by atoms with Crippen molar-refractivity contribution < 1.29 is 23.5 Å². The van der Waals surface area contributed by atoms with Crippen LogP contribution in [0.1, 0.15) is 58.5 Å². The Bertz CT molecular complexity index is 873. The first kappa shape index (κ1) is 20.9. The van der Waals surface area contributed by atoms with E-state index in [1.54, 1.807) is 17.0 Å². The number of aryl methyl sites for hydroxylation is 1. The maximum absolute atomic E-state index is 12.5. The monoisotopic (exact) mass is 400 g/mol. The number of carbonyl (C=O) groups excluding carboxylic acids is 3. The van der Waals surface area contributed by atoms with Gasteiger partial charge in [0, 0.05) is 36.6 Å². The Kier molecular flexibility index (Phi) is 6.56. The van der Waals surface area contributed by atoms with Crippen LogP contribution in [0.5, 0.6) is 0 Å². The van der Waals surface area contributed by atoms with E-state index in [9.17, 15) is 14.4 Å². The molecule has 0 aromatic carbocycles. The number of hydrogen-bond donors (Lipinski definition) is 0. The molecule has 7 heteroatoms. The molecule has 0 spiro atoms. The quantitative estimate of drug-likeness (QED) is 0.526. The molecule has 2 aromatic rings. The fraction of sp³-hybridized carbons (Fsp3) is 0.500. The first-order chi connectivity index (χ1) is 13.9. The number of ether oxygens (including phenoxy) is 1. The fourth-order valence-electron chi connectivity index (χ4n) is 3.86. The molecule has 0 saturated carbocycles. The zero-order valence-electron chi connectivity index (χ0n) is 17.3. The number of Topliss-reactive ketones (excluding diaryl/α,β-unsaturated/α-hetero) is 1. The van der Waals surface area contributed by atoms with E-state index in [1.165, 1.54) is 6.26 Å². The average Bonchev–Trinajstić information content (AvgIpc) is 3.36. The summed E-state index contributed by atoms with van der Waals surface area (Å²) in [6.45, 7) is 7.53. The Morgan fingerprint density at radius 1 is 1.21 bits per heavy atom. The summed E-state index contributed by atoms with van der Waals surface area (Å²) in [5.41, 5.74) is 2.56. The molecule has 3 rings (SSSR count). The number of ketones is 1. The molecule has 1 fully saturated rings. The van der Waals surface area contributed by atoms with E-state index in [-0.39, 0.29) is 30.2 Å². The van der Waals surface area contributed by atoms with Crippen molar-refractivity contribution in [2.24, 2.45) is 5.92 Å². The lowest BCUT2D eigenvalue weighted by atomic mass is 9.97. The molecule has 2 aromatic heterocycles. The molecule has 0 atom stereocenters. The first-order valence-electron chi connectivity index (χ1n) is 10.1. The minimum Gasteiger partial charge on any atom is -0.459 e. The highest BCUT2D eigenvalue weighted by Crippen LogP contribution is 2.21. The molecular formula is C22H28N2O5. The van der Waals surface area contributed by atoms with Crippen molar-refractivity contribution in [1.82, 2.24) is 9.47 Å². The number of aromatic nitrogens is 1. The summed E-state index contributed by atoms with van der Waals surface area (Å²) in [5.74, 6) is -0.710. The Hall–Kier alpha value is -2.83. The van der Waals surface area contributed by atoms with Crippen molar-refractivity contribution in [3.05, 3.63) is 47.2 Å². The van der Waals surface area contributed by atoms with Crippen LogP contribution in [0.15, 0.2) is 28.9 Å². The van der Waals surface area contributed by atoms with Crippen molar-refractivity contribution in [3.8, 4) is 0 Å². The lowest BCUT2D eigenvalue weighted by molar-refractivity contribution is -0.148. The van der Waals surface area contributed by atoms with E-state index in [0.717, 1.165) is 24.4 Å². The second-order valence-electron chi connectivity index (χ2n) is 7.51. The number of carbonyl (C=O) groups is 3. The Labute approximate surface area is 170 Å². The van der Waals surface area contributed by atoms with Crippen LogP contribution in [-0.4, -0.2) is 46.8 Å². The van der Waals surface area contributed by atoms with Gasteiger partial charge in [0.1, 0.15) is 0 Å². The van der Waals surface area contributed by atoms with Crippen molar-refractivity contribution >= 4 is 17.7 Å². The molecule has 7 nitrogen and oxygen atoms in total. The summed E-state index contributed by atoms with van der Waals surface area (Å²) in [7, 11) is 0. The minimum atomic E-state index is -0.370. The molecule has 1 saturated heterocycles. The van der Waals surface area contributed by atoms with Gasteiger partial charge in [-0.3, -0.25) is 14.4 Å². The van der Waals surface area contributed by atoms with Crippen LogP contribution < -0.4 is 0 Å². The summed E-state index contributed by atoms with van der Waals surface area (Å²) in [6.07, 6.45) is 3.49. The van der Waals surface area contributed by atoms with Crippen molar-refractivity contribution in [1.29, 1.82) is 0 Å². The molecule has 0 bridgehead atoms. The van der Waals surface area contributed by atoms with Crippen molar-refractivity contribution in [2.45, 2.75) is 46.6 Å². The highest BCUT2D eigenvalue weighted by Gasteiger charge is 2.30. The Morgan fingerprint density at radius 3 is 2.55 bits per heavy atom. The van der Waals surface area contributed by atoms with Crippen molar-refractivity contribution in [3.63, 3.8) is 0 Å². The molecule has 1 aliphatic rings. The van der Waals surface area contributed by atoms with Gasteiger partial charge in [0.25, 0.3) is 5.91 Å². The molecule has 3 heterocycles. The number of likely N-dealkylation sites (tertiary alicyclic amines) is 1. The van der Waals surface area contributed by atoms with Crippen LogP contribution in [0, 0.1) is 19.8 Å². The number of nitrogens with zero attached hydrogens (tertiary/aromatic N) is 2. The van der Waals surface area contributed by atoms with Gasteiger partial charge in [0.15, 0.2) is 12.4 Å². The molecular weight excluding hydrogens is 372 g/mol. The fourth-order valence-corrected chi connectivity index (χ4v) is 3.86. The highest BCUT2D eigenvalue weighted by molar-refractivity contribution is 5.99. The maximum atomic E-state index is 12.5. The number of hydrogen-bond acceptors (Lipinski definition) is 5. The number of amides is 1. The lowest BCUT2D eigenvalue weighted by Gasteiger charge is -2.30. The van der Waals surface area contributed by atoms with Crippen LogP contribution >= 0.6 is 0 Å². The number of esters is 1. The molecule has 0 aliphatic carbocycles. The summed E-state index contributed by atoms with van der Waals surface area (Å²) in [5, 5.41) is 0. The van der Waals surface area contributed by atoms with E-state index in [2.05, 4.69) is 11.5 Å². The highest BCUT2D eigenvalue weighted by atomic mass is 16.5. The van der Waals surface area contributed by atoms with E-state index in [0.29, 0.717) is 37.3 Å². The van der Waals surface area contributed by atoms with Crippen molar-refractivity contribution in [2.75, 3.05) is 19.7 Å². The average molecular weight is 400 g/mol. The molecule has 1 aliphatic heterocycles. The van der Waals surface area contributed by atoms with Gasteiger partial charge in [-0.1, -0.05) is 6.92 Å². The second kappa shape index (κ2) is 9.11. The van der Waals surface area contributed by atoms with Gasteiger partial charge in [0.05, 0.1) is 12.2 Å². The first-order valence-corrected chi connectivity index (χ1v) is 10.1. The molecule has 29 heavy (non-hydrogen) atoms. The van der Waals surface area contributed by atoms with Gasteiger partial charge in [-0.2, -0.15) is 0 Å². The van der Waals surface area contributed by atoms with Crippen LogP contribution in [0.4, 0.5) is 0 Å². The van der Waals surface area contributed by atoms with E-state index < -0.39 is 0 Å². The van der Waals surface area contributed by atoms with E-state index in [4.69, 9.17) is 9.15 Å². The molecule has 0 unspecified atom stereocenters. The molecule has 156 valence electrons. The number of piperidine rings is 1. The zero-order valence-corrected chi connectivity index (χ0v) is 17.3. The predicted octanol–water partition coefficient (Wildman–Crippen LogP) is 3.39. The van der Waals surface area contributed by atoms with Crippen LogP contribution in [-0.2, 0) is 16.1 Å². The normalized spacial score (nSPS) is 14.8. The largest absolute Gasteiger partial charge is 0.459 e. The van der Waals surface area contributed by atoms with Gasteiger partial charge in [0.2, 0.25) is 5.78 Å². The van der Waals surface area contributed by atoms with Gasteiger partial charge in [-0.05, 0) is 51.3 Å². The van der Waals surface area contributed by atoms with Crippen LogP contribution in [0.25, 0.3) is 0 Å². The van der Waals surface area contributed by atoms with Gasteiger partial charge in [-0.15, -0.1) is 0 Å². The van der Waals surface area contributed by atoms with E-state index in [1.807, 2.05) is 19.9 Å². The second-order valence-corrected chi connectivity index (χ2v) is 7.51. The smallest absolute Gasteiger partial charge is 0.309 e. The molecule has 1 amide bonds. The van der Waals surface area contributed by atoms with Crippen LogP contribution in [0.2, 0.25) is 0 Å². The number of furan rings is 1. The SMILES string of the molecule is CCCn1c(C)cc(C(=O)COC(=O)C2CCN(C(=O)c3ccco3)CC2)c1C. The third-order valence-electron chi connectivity index (χ3n) is 5.51.